The molecular weight excluding hydrogens is 457 g/mol. The van der Waals surface area contributed by atoms with E-state index in [1.165, 1.54) is 5.56 Å². The average molecular weight is 499 g/mol. The molecule has 1 amide bonds. The van der Waals surface area contributed by atoms with Crippen molar-refractivity contribution in [3.63, 3.8) is 0 Å². The van der Waals surface area contributed by atoms with Gasteiger partial charge in [0.15, 0.2) is 5.79 Å². The maximum atomic E-state index is 12.9. The van der Waals surface area contributed by atoms with Gasteiger partial charge in [-0.25, -0.2) is 4.79 Å². The van der Waals surface area contributed by atoms with E-state index in [-0.39, 0.29) is 35.4 Å². The molecule has 0 aromatic heterocycles. The highest BCUT2D eigenvalue weighted by Gasteiger charge is 2.52. The maximum absolute atomic E-state index is 12.9. The van der Waals surface area contributed by atoms with Crippen LogP contribution < -0.4 is 5.46 Å². The van der Waals surface area contributed by atoms with Crippen molar-refractivity contribution < 1.29 is 28.3 Å². The zero-order valence-corrected chi connectivity index (χ0v) is 22.9. The summed E-state index contributed by atoms with van der Waals surface area (Å²) in [5.74, 6) is -0.490. The Bertz CT molecular complexity index is 939. The number of carbonyl (C=O) groups is 1. The predicted octanol–water partition coefficient (Wildman–Crippen LogP) is 4.45. The van der Waals surface area contributed by atoms with Gasteiger partial charge in [-0.15, -0.1) is 0 Å². The van der Waals surface area contributed by atoms with Crippen molar-refractivity contribution >= 4 is 18.7 Å². The molecule has 4 aliphatic rings. The van der Waals surface area contributed by atoms with E-state index in [0.29, 0.717) is 19.8 Å². The van der Waals surface area contributed by atoms with Gasteiger partial charge in [0.05, 0.1) is 24.4 Å². The fourth-order valence-corrected chi connectivity index (χ4v) is 5.48. The lowest BCUT2D eigenvalue weighted by Crippen LogP contribution is -2.56. The number of amides is 1. The van der Waals surface area contributed by atoms with Crippen LogP contribution in [0, 0.1) is 5.41 Å². The third-order valence-electron chi connectivity index (χ3n) is 8.95. The van der Waals surface area contributed by atoms with Crippen molar-refractivity contribution in [3.8, 4) is 0 Å². The number of ether oxygens (including phenoxy) is 3. The van der Waals surface area contributed by atoms with Crippen LogP contribution in [0.4, 0.5) is 4.79 Å². The van der Waals surface area contributed by atoms with E-state index in [1.54, 1.807) is 0 Å². The standard InChI is InChI=1S/C28H42BNO6/c1-24(2)19-32-28(33-20-24)14-12-27(13-15-28)16-18-30(23(31)34-27)17-11-21-7-9-22(10-8-21)29-35-25(3,4)26(5,6)36-29/h7-10H,11-20H2,1-6H3. The van der Waals surface area contributed by atoms with Gasteiger partial charge in [-0.05, 0) is 58.0 Å². The lowest BCUT2D eigenvalue weighted by molar-refractivity contribution is -0.320. The quantitative estimate of drug-likeness (QED) is 0.571. The lowest BCUT2D eigenvalue weighted by atomic mass is 9.77. The summed E-state index contributed by atoms with van der Waals surface area (Å²) in [6.45, 7) is 15.4. The van der Waals surface area contributed by atoms with E-state index < -0.39 is 5.79 Å². The SMILES string of the molecule is CC1(C)COC2(CCC3(CCN(CCc4ccc(B5OC(C)(C)C(C)(C)O5)cc4)C(=O)O3)CC2)OC1. The second-order valence-corrected chi connectivity index (χ2v) is 13.0. The molecule has 8 heteroatoms. The summed E-state index contributed by atoms with van der Waals surface area (Å²) in [6, 6.07) is 8.33. The summed E-state index contributed by atoms with van der Waals surface area (Å²) >= 11 is 0. The van der Waals surface area contributed by atoms with Gasteiger partial charge in [0, 0.05) is 37.8 Å². The van der Waals surface area contributed by atoms with Crippen molar-refractivity contribution in [2.45, 2.75) is 103 Å². The van der Waals surface area contributed by atoms with Crippen molar-refractivity contribution in [2.75, 3.05) is 26.3 Å². The van der Waals surface area contributed by atoms with E-state index in [0.717, 1.165) is 50.5 Å². The average Bonchev–Trinajstić information content (AvgIpc) is 3.05. The first-order valence-corrected chi connectivity index (χ1v) is 13.5. The number of rotatable bonds is 4. The number of benzene rings is 1. The molecule has 5 rings (SSSR count). The van der Waals surface area contributed by atoms with E-state index >= 15 is 0 Å². The molecule has 4 fully saturated rings. The summed E-state index contributed by atoms with van der Waals surface area (Å²) in [4.78, 5) is 14.7. The van der Waals surface area contributed by atoms with Crippen molar-refractivity contribution in [3.05, 3.63) is 29.8 Å². The number of hydrogen-bond acceptors (Lipinski definition) is 6. The largest absolute Gasteiger partial charge is 0.494 e. The first kappa shape index (κ1) is 26.0. The minimum atomic E-state index is -0.490. The molecule has 7 nitrogen and oxygen atoms in total. The molecule has 0 atom stereocenters. The molecule has 198 valence electrons. The van der Waals surface area contributed by atoms with Crippen LogP contribution in [-0.4, -0.2) is 67.0 Å². The van der Waals surface area contributed by atoms with Crippen LogP contribution in [0.15, 0.2) is 24.3 Å². The molecule has 0 bridgehead atoms. The minimum absolute atomic E-state index is 0.0599. The van der Waals surface area contributed by atoms with Crippen LogP contribution in [0.1, 0.15) is 79.2 Å². The molecule has 1 aliphatic carbocycles. The smallest absolute Gasteiger partial charge is 0.443 e. The molecular formula is C28H42BNO6. The summed E-state index contributed by atoms with van der Waals surface area (Å²) in [6.07, 6.45) is 4.61. The van der Waals surface area contributed by atoms with Crippen LogP contribution in [0.25, 0.3) is 0 Å². The van der Waals surface area contributed by atoms with Crippen LogP contribution in [-0.2, 0) is 29.9 Å². The highest BCUT2D eigenvalue weighted by Crippen LogP contribution is 2.46. The first-order valence-electron chi connectivity index (χ1n) is 13.5. The van der Waals surface area contributed by atoms with Gasteiger partial charge in [0.25, 0.3) is 0 Å². The van der Waals surface area contributed by atoms with Gasteiger partial charge in [0.1, 0.15) is 5.60 Å². The Morgan fingerprint density at radius 3 is 1.97 bits per heavy atom. The summed E-state index contributed by atoms with van der Waals surface area (Å²) in [5.41, 5.74) is 1.18. The second-order valence-electron chi connectivity index (χ2n) is 13.0. The molecule has 0 N–H and O–H groups in total. The molecule has 0 unspecified atom stereocenters. The molecule has 0 radical (unpaired) electrons. The third-order valence-corrected chi connectivity index (χ3v) is 8.95. The van der Waals surface area contributed by atoms with Crippen molar-refractivity contribution in [1.82, 2.24) is 4.90 Å². The van der Waals surface area contributed by atoms with Gasteiger partial charge in [-0.1, -0.05) is 38.1 Å². The minimum Gasteiger partial charge on any atom is -0.443 e. The van der Waals surface area contributed by atoms with Crippen LogP contribution in [0.3, 0.4) is 0 Å². The predicted molar refractivity (Wildman–Crippen MR) is 138 cm³/mol. The van der Waals surface area contributed by atoms with Crippen molar-refractivity contribution in [1.29, 1.82) is 0 Å². The molecule has 2 spiro atoms. The van der Waals surface area contributed by atoms with E-state index in [1.807, 2.05) is 4.90 Å². The topological polar surface area (TPSA) is 66.5 Å². The Morgan fingerprint density at radius 2 is 1.42 bits per heavy atom. The number of carbonyl (C=O) groups excluding carboxylic acids is 1. The molecule has 3 aliphatic heterocycles. The van der Waals surface area contributed by atoms with E-state index in [2.05, 4.69) is 65.8 Å². The van der Waals surface area contributed by atoms with Gasteiger partial charge in [0.2, 0.25) is 0 Å². The molecule has 1 saturated carbocycles. The van der Waals surface area contributed by atoms with E-state index in [9.17, 15) is 4.79 Å². The zero-order valence-electron chi connectivity index (χ0n) is 22.9. The van der Waals surface area contributed by atoms with Crippen LogP contribution in [0.5, 0.6) is 0 Å². The number of nitrogens with zero attached hydrogens (tertiary/aromatic N) is 1. The van der Waals surface area contributed by atoms with Gasteiger partial charge in [-0.3, -0.25) is 0 Å². The normalized spacial score (nSPS) is 27.9. The Hall–Kier alpha value is -1.61. The summed E-state index contributed by atoms with van der Waals surface area (Å²) < 4.78 is 30.7. The Kier molecular flexibility index (Phi) is 6.51. The first-order chi connectivity index (χ1) is 16.8. The Balaban J connectivity index is 1.10. The molecule has 1 aromatic rings. The Labute approximate surface area is 216 Å². The number of hydrogen-bond donors (Lipinski definition) is 0. The van der Waals surface area contributed by atoms with Crippen molar-refractivity contribution in [2.24, 2.45) is 5.41 Å². The maximum Gasteiger partial charge on any atom is 0.494 e. The van der Waals surface area contributed by atoms with Gasteiger partial charge >= 0.3 is 13.2 Å². The summed E-state index contributed by atoms with van der Waals surface area (Å²) in [5, 5.41) is 0. The highest BCUT2D eigenvalue weighted by atomic mass is 16.7. The summed E-state index contributed by atoms with van der Waals surface area (Å²) in [7, 11) is -0.358. The van der Waals surface area contributed by atoms with Gasteiger partial charge in [-0.2, -0.15) is 0 Å². The fourth-order valence-electron chi connectivity index (χ4n) is 5.48. The van der Waals surface area contributed by atoms with Gasteiger partial charge < -0.3 is 28.4 Å². The second kappa shape index (κ2) is 9.00. The molecule has 3 heterocycles. The lowest BCUT2D eigenvalue weighted by Gasteiger charge is -2.51. The monoisotopic (exact) mass is 499 g/mol. The van der Waals surface area contributed by atoms with Crippen LogP contribution >= 0.6 is 0 Å². The van der Waals surface area contributed by atoms with E-state index in [4.69, 9.17) is 23.5 Å². The molecule has 36 heavy (non-hydrogen) atoms. The third kappa shape index (κ3) is 5.07. The zero-order chi connectivity index (χ0) is 25.8. The highest BCUT2D eigenvalue weighted by molar-refractivity contribution is 6.62. The Morgan fingerprint density at radius 1 is 0.833 bits per heavy atom. The molecule has 1 aromatic carbocycles. The fraction of sp³-hybridized carbons (Fsp3) is 0.750. The molecule has 3 saturated heterocycles. The van der Waals surface area contributed by atoms with Crippen LogP contribution in [0.2, 0.25) is 0 Å².